The number of rotatable bonds is 6. The van der Waals surface area contributed by atoms with Crippen LogP contribution in [0, 0.1) is 0 Å². The lowest BCUT2D eigenvalue weighted by Gasteiger charge is -2.38. The molecule has 0 radical (unpaired) electrons. The summed E-state index contributed by atoms with van der Waals surface area (Å²) in [5.41, 5.74) is 1.64. The summed E-state index contributed by atoms with van der Waals surface area (Å²) in [6.45, 7) is 2.48. The Bertz CT molecular complexity index is 822. The highest BCUT2D eigenvalue weighted by Gasteiger charge is 2.36. The van der Waals surface area contributed by atoms with Crippen molar-refractivity contribution in [2.75, 3.05) is 20.8 Å². The minimum absolute atomic E-state index is 0.0547. The Morgan fingerprint density at radius 2 is 1.74 bits per heavy atom. The molecule has 0 bridgehead atoms. The van der Waals surface area contributed by atoms with Crippen LogP contribution in [0.1, 0.15) is 18.2 Å². The van der Waals surface area contributed by atoms with E-state index in [1.807, 2.05) is 24.3 Å². The van der Waals surface area contributed by atoms with E-state index in [4.69, 9.17) is 9.47 Å². The zero-order chi connectivity index (χ0) is 19.4. The number of aromatic nitrogens is 1. The van der Waals surface area contributed by atoms with Gasteiger partial charge in [0.05, 0.1) is 26.5 Å². The van der Waals surface area contributed by atoms with Crippen molar-refractivity contribution in [3.8, 4) is 11.5 Å². The molecule has 0 N–H and O–H groups in total. The smallest absolute Gasteiger partial charge is 0.245 e. The average molecular weight is 369 g/mol. The van der Waals surface area contributed by atoms with Crippen LogP contribution in [0.3, 0.4) is 0 Å². The quantitative estimate of drug-likeness (QED) is 0.777. The van der Waals surface area contributed by atoms with E-state index in [0.717, 1.165) is 11.3 Å². The molecule has 27 heavy (non-hydrogen) atoms. The number of carbonyl (C=O) groups is 2. The highest BCUT2D eigenvalue weighted by molar-refractivity contribution is 5.94. The third-order valence-electron chi connectivity index (χ3n) is 4.67. The zero-order valence-electron chi connectivity index (χ0n) is 15.7. The van der Waals surface area contributed by atoms with Gasteiger partial charge < -0.3 is 19.3 Å². The number of benzene rings is 1. The maximum absolute atomic E-state index is 12.8. The first-order valence-corrected chi connectivity index (χ1v) is 8.72. The van der Waals surface area contributed by atoms with Gasteiger partial charge in [0, 0.05) is 18.8 Å². The molecule has 2 heterocycles. The van der Waals surface area contributed by atoms with Gasteiger partial charge in [0.15, 0.2) is 0 Å². The Hall–Kier alpha value is -3.09. The molecule has 1 fully saturated rings. The maximum Gasteiger partial charge on any atom is 0.245 e. The third-order valence-corrected chi connectivity index (χ3v) is 4.67. The van der Waals surface area contributed by atoms with E-state index in [-0.39, 0.29) is 24.9 Å². The Morgan fingerprint density at radius 3 is 2.41 bits per heavy atom. The fraction of sp³-hybridized carbons (Fsp3) is 0.350. The van der Waals surface area contributed by atoms with Crippen molar-refractivity contribution < 1.29 is 19.1 Å². The third kappa shape index (κ3) is 4.19. The molecule has 1 atom stereocenters. The summed E-state index contributed by atoms with van der Waals surface area (Å²) in [6, 6.07) is 10.5. The molecule has 0 unspecified atom stereocenters. The number of methoxy groups -OCH3 is 2. The Labute approximate surface area is 158 Å². The van der Waals surface area contributed by atoms with Gasteiger partial charge in [0.25, 0.3) is 0 Å². The molecule has 1 aromatic heterocycles. The van der Waals surface area contributed by atoms with Crippen LogP contribution in [0.25, 0.3) is 0 Å². The first-order chi connectivity index (χ1) is 13.0. The molecule has 1 saturated heterocycles. The van der Waals surface area contributed by atoms with Crippen molar-refractivity contribution in [2.24, 2.45) is 0 Å². The lowest BCUT2D eigenvalue weighted by molar-refractivity contribution is -0.156. The molecule has 142 valence electrons. The van der Waals surface area contributed by atoms with E-state index in [0.29, 0.717) is 18.0 Å². The van der Waals surface area contributed by atoms with Crippen LogP contribution in [0.2, 0.25) is 0 Å². The molecule has 1 aliphatic rings. The van der Waals surface area contributed by atoms with Gasteiger partial charge in [0.2, 0.25) is 11.8 Å². The monoisotopic (exact) mass is 369 g/mol. The molecule has 0 saturated carbocycles. The van der Waals surface area contributed by atoms with Gasteiger partial charge in [-0.15, -0.1) is 0 Å². The second-order valence-corrected chi connectivity index (χ2v) is 6.43. The average Bonchev–Trinajstić information content (AvgIpc) is 2.70. The van der Waals surface area contributed by atoms with E-state index in [1.54, 1.807) is 49.3 Å². The lowest BCUT2D eigenvalue weighted by Crippen LogP contribution is -2.58. The summed E-state index contributed by atoms with van der Waals surface area (Å²) in [7, 11) is 3.18. The molecule has 0 aliphatic carbocycles. The van der Waals surface area contributed by atoms with Gasteiger partial charge in [-0.3, -0.25) is 14.6 Å². The Morgan fingerprint density at radius 1 is 1.04 bits per heavy atom. The highest BCUT2D eigenvalue weighted by Crippen LogP contribution is 2.20. The molecular formula is C20H23N3O4. The Kier molecular flexibility index (Phi) is 5.59. The molecule has 2 amide bonds. The van der Waals surface area contributed by atoms with Crippen LogP contribution in [0.4, 0.5) is 0 Å². The number of hydrogen-bond donors (Lipinski definition) is 0. The van der Waals surface area contributed by atoms with Gasteiger partial charge in [-0.25, -0.2) is 0 Å². The number of ether oxygens (including phenoxy) is 2. The van der Waals surface area contributed by atoms with Gasteiger partial charge in [-0.2, -0.15) is 0 Å². The standard InChI is InChI=1S/C20H23N3O4/c1-14-20(25)22(11-15-4-6-17(26-2)7-5-15)13-19(24)23(14)12-16-10-18(27-3)8-9-21-16/h4-10,14H,11-13H2,1-3H3/t14-/m0/s1. The van der Waals surface area contributed by atoms with Crippen LogP contribution < -0.4 is 9.47 Å². The van der Waals surface area contributed by atoms with Gasteiger partial charge in [-0.1, -0.05) is 12.1 Å². The topological polar surface area (TPSA) is 72.0 Å². The van der Waals surface area contributed by atoms with Crippen LogP contribution in [-0.2, 0) is 22.7 Å². The SMILES string of the molecule is COc1ccc(CN2CC(=O)N(Cc3cc(OC)ccn3)[C@@H](C)C2=O)cc1. The van der Waals surface area contributed by atoms with Crippen molar-refractivity contribution in [1.82, 2.24) is 14.8 Å². The fourth-order valence-corrected chi connectivity index (χ4v) is 3.10. The van der Waals surface area contributed by atoms with Crippen molar-refractivity contribution >= 4 is 11.8 Å². The molecule has 1 aliphatic heterocycles. The van der Waals surface area contributed by atoms with Crippen molar-refractivity contribution in [3.05, 3.63) is 53.9 Å². The lowest BCUT2D eigenvalue weighted by atomic mass is 10.1. The molecule has 3 rings (SSSR count). The summed E-state index contributed by atoms with van der Waals surface area (Å²) in [5.74, 6) is 1.25. The van der Waals surface area contributed by atoms with Gasteiger partial charge in [-0.05, 0) is 30.7 Å². The number of nitrogens with zero attached hydrogens (tertiary/aromatic N) is 3. The predicted octanol–water partition coefficient (Wildman–Crippen LogP) is 1.86. The zero-order valence-corrected chi connectivity index (χ0v) is 15.7. The van der Waals surface area contributed by atoms with Crippen molar-refractivity contribution in [2.45, 2.75) is 26.1 Å². The summed E-state index contributed by atoms with van der Waals surface area (Å²) in [6.07, 6.45) is 1.63. The van der Waals surface area contributed by atoms with E-state index in [1.165, 1.54) is 0 Å². The van der Waals surface area contributed by atoms with Gasteiger partial charge >= 0.3 is 0 Å². The molecule has 7 heteroatoms. The van der Waals surface area contributed by atoms with E-state index in [9.17, 15) is 9.59 Å². The van der Waals surface area contributed by atoms with E-state index >= 15 is 0 Å². The van der Waals surface area contributed by atoms with E-state index < -0.39 is 6.04 Å². The largest absolute Gasteiger partial charge is 0.497 e. The fourth-order valence-electron chi connectivity index (χ4n) is 3.10. The van der Waals surface area contributed by atoms with Crippen molar-refractivity contribution in [1.29, 1.82) is 0 Å². The minimum atomic E-state index is -0.544. The Balaban J connectivity index is 1.69. The highest BCUT2D eigenvalue weighted by atomic mass is 16.5. The predicted molar refractivity (Wildman–Crippen MR) is 99.2 cm³/mol. The minimum Gasteiger partial charge on any atom is -0.497 e. The van der Waals surface area contributed by atoms with Crippen LogP contribution in [0.15, 0.2) is 42.6 Å². The molecule has 1 aromatic carbocycles. The summed E-state index contributed by atoms with van der Waals surface area (Å²) in [5, 5.41) is 0. The molecule has 7 nitrogen and oxygen atoms in total. The number of amides is 2. The normalized spacial score (nSPS) is 17.2. The van der Waals surface area contributed by atoms with Crippen LogP contribution >= 0.6 is 0 Å². The maximum atomic E-state index is 12.8. The summed E-state index contributed by atoms with van der Waals surface area (Å²) < 4.78 is 10.3. The second kappa shape index (κ2) is 8.07. The van der Waals surface area contributed by atoms with E-state index in [2.05, 4.69) is 4.98 Å². The van der Waals surface area contributed by atoms with Crippen molar-refractivity contribution in [3.63, 3.8) is 0 Å². The summed E-state index contributed by atoms with van der Waals surface area (Å²) in [4.78, 5) is 32.9. The summed E-state index contributed by atoms with van der Waals surface area (Å²) >= 11 is 0. The van der Waals surface area contributed by atoms with Gasteiger partial charge in [0.1, 0.15) is 24.1 Å². The number of hydrogen-bond acceptors (Lipinski definition) is 5. The molecule has 2 aromatic rings. The molecule has 0 spiro atoms. The first kappa shape index (κ1) is 18.7. The number of carbonyl (C=O) groups excluding carboxylic acids is 2. The first-order valence-electron chi connectivity index (χ1n) is 8.72. The molecular weight excluding hydrogens is 346 g/mol. The van der Waals surface area contributed by atoms with Crippen LogP contribution in [-0.4, -0.2) is 53.4 Å². The second-order valence-electron chi connectivity index (χ2n) is 6.43. The van der Waals surface area contributed by atoms with Crippen LogP contribution in [0.5, 0.6) is 11.5 Å². The number of piperazine rings is 1. The number of pyridine rings is 1.